The second-order valence-corrected chi connectivity index (χ2v) is 7.06. The lowest BCUT2D eigenvalue weighted by Gasteiger charge is -2.07. The molecule has 0 aliphatic rings. The van der Waals surface area contributed by atoms with E-state index in [1.165, 1.54) is 0 Å². The summed E-state index contributed by atoms with van der Waals surface area (Å²) in [6, 6.07) is 9.54. The van der Waals surface area contributed by atoms with Gasteiger partial charge >= 0.3 is 0 Å². The number of nitrogens with zero attached hydrogens (tertiary/aromatic N) is 2. The zero-order chi connectivity index (χ0) is 18.9. The van der Waals surface area contributed by atoms with Crippen LogP contribution >= 0.6 is 11.8 Å². The molecular formula is C19H23N5O2S. The van der Waals surface area contributed by atoms with Crippen molar-refractivity contribution in [2.75, 3.05) is 24.2 Å². The number of ether oxygens (including phenoxy) is 1. The van der Waals surface area contributed by atoms with Crippen molar-refractivity contribution in [1.29, 1.82) is 0 Å². The summed E-state index contributed by atoms with van der Waals surface area (Å²) in [5, 5.41) is 3.14. The van der Waals surface area contributed by atoms with E-state index in [9.17, 15) is 4.79 Å². The highest BCUT2D eigenvalue weighted by atomic mass is 32.2. The molecule has 142 valence electrons. The molecule has 0 amide bonds. The van der Waals surface area contributed by atoms with Crippen molar-refractivity contribution in [1.82, 2.24) is 19.9 Å². The molecule has 2 heterocycles. The number of imidazole rings is 1. The SMILES string of the molecule is Cc1[nH]cnc1CSCCNc1ncc(CCOc2ccccc2)c(=O)[nH]1. The molecule has 1 aromatic carbocycles. The normalized spacial score (nSPS) is 10.7. The maximum absolute atomic E-state index is 12.2. The molecule has 0 radical (unpaired) electrons. The minimum Gasteiger partial charge on any atom is -0.493 e. The fourth-order valence-corrected chi connectivity index (χ4v) is 3.30. The predicted octanol–water partition coefficient (Wildman–Crippen LogP) is 2.77. The first-order valence-electron chi connectivity index (χ1n) is 8.79. The Morgan fingerprint density at radius 3 is 2.81 bits per heavy atom. The van der Waals surface area contributed by atoms with Gasteiger partial charge in [-0.25, -0.2) is 9.97 Å². The van der Waals surface area contributed by atoms with E-state index >= 15 is 0 Å². The molecule has 0 saturated heterocycles. The number of nitrogens with one attached hydrogen (secondary N) is 3. The fraction of sp³-hybridized carbons (Fsp3) is 0.316. The molecule has 0 saturated carbocycles. The van der Waals surface area contributed by atoms with Crippen LogP contribution in [0, 0.1) is 6.92 Å². The molecule has 3 rings (SSSR count). The fourth-order valence-electron chi connectivity index (χ4n) is 2.43. The van der Waals surface area contributed by atoms with Crippen LogP contribution in [0.15, 0.2) is 47.7 Å². The monoisotopic (exact) mass is 385 g/mol. The highest BCUT2D eigenvalue weighted by molar-refractivity contribution is 7.98. The Hall–Kier alpha value is -2.74. The second kappa shape index (κ2) is 9.82. The summed E-state index contributed by atoms with van der Waals surface area (Å²) in [5.74, 6) is 3.04. The predicted molar refractivity (Wildman–Crippen MR) is 108 cm³/mol. The Labute approximate surface area is 162 Å². The van der Waals surface area contributed by atoms with Crippen molar-refractivity contribution in [3.05, 3.63) is 70.2 Å². The molecule has 7 nitrogen and oxygen atoms in total. The minimum absolute atomic E-state index is 0.135. The molecule has 0 unspecified atom stereocenters. The van der Waals surface area contributed by atoms with Crippen molar-refractivity contribution >= 4 is 17.7 Å². The number of anilines is 1. The Bertz CT molecular complexity index is 894. The molecule has 0 aliphatic heterocycles. The lowest BCUT2D eigenvalue weighted by molar-refractivity contribution is 0.321. The highest BCUT2D eigenvalue weighted by Gasteiger charge is 2.04. The Kier molecular flexibility index (Phi) is 6.92. The van der Waals surface area contributed by atoms with E-state index in [1.54, 1.807) is 24.3 Å². The number of aromatic amines is 2. The van der Waals surface area contributed by atoms with Crippen LogP contribution in [0.3, 0.4) is 0 Å². The molecule has 27 heavy (non-hydrogen) atoms. The number of para-hydroxylation sites is 1. The van der Waals surface area contributed by atoms with Crippen molar-refractivity contribution in [3.63, 3.8) is 0 Å². The van der Waals surface area contributed by atoms with E-state index in [1.807, 2.05) is 37.3 Å². The van der Waals surface area contributed by atoms with E-state index < -0.39 is 0 Å². The van der Waals surface area contributed by atoms with Crippen LogP contribution in [0.25, 0.3) is 0 Å². The molecule has 8 heteroatoms. The summed E-state index contributed by atoms with van der Waals surface area (Å²) in [4.78, 5) is 26.6. The van der Waals surface area contributed by atoms with Gasteiger partial charge in [-0.05, 0) is 19.1 Å². The number of aryl methyl sites for hydroxylation is 1. The van der Waals surface area contributed by atoms with Crippen LogP contribution in [-0.2, 0) is 12.2 Å². The number of hydrogen-bond donors (Lipinski definition) is 3. The number of aromatic nitrogens is 4. The van der Waals surface area contributed by atoms with Gasteiger partial charge in [0.1, 0.15) is 5.75 Å². The van der Waals surface area contributed by atoms with E-state index in [0.29, 0.717) is 31.1 Å². The zero-order valence-electron chi connectivity index (χ0n) is 15.2. The summed E-state index contributed by atoms with van der Waals surface area (Å²) >= 11 is 1.78. The Morgan fingerprint density at radius 2 is 2.07 bits per heavy atom. The van der Waals surface area contributed by atoms with Crippen molar-refractivity contribution in [2.24, 2.45) is 0 Å². The van der Waals surface area contributed by atoms with E-state index in [2.05, 4.69) is 25.3 Å². The van der Waals surface area contributed by atoms with Crippen LogP contribution in [0.5, 0.6) is 5.75 Å². The summed E-state index contributed by atoms with van der Waals surface area (Å²) in [6.45, 7) is 3.17. The number of H-pyrrole nitrogens is 2. The van der Waals surface area contributed by atoms with Crippen molar-refractivity contribution in [2.45, 2.75) is 19.1 Å². The molecule has 3 N–H and O–H groups in total. The molecule has 0 bridgehead atoms. The van der Waals surface area contributed by atoms with Gasteiger partial charge in [0.15, 0.2) is 0 Å². The first kappa shape index (κ1) is 19.0. The quantitative estimate of drug-likeness (QED) is 0.465. The first-order chi connectivity index (χ1) is 13.2. The standard InChI is InChI=1S/C19H23N5O2S/c1-14-17(23-13-22-14)12-27-10-8-20-19-21-11-15(18(25)24-19)7-9-26-16-5-3-2-4-6-16/h2-6,11,13H,7-10,12H2,1H3,(H,22,23)(H2,20,21,24,25). The van der Waals surface area contributed by atoms with Crippen molar-refractivity contribution in [3.8, 4) is 5.75 Å². The summed E-state index contributed by atoms with van der Waals surface area (Å²) < 4.78 is 5.62. The van der Waals surface area contributed by atoms with E-state index in [0.717, 1.165) is 28.6 Å². The molecular weight excluding hydrogens is 362 g/mol. The van der Waals surface area contributed by atoms with Crippen LogP contribution in [0.4, 0.5) is 5.95 Å². The molecule has 2 aromatic heterocycles. The lowest BCUT2D eigenvalue weighted by atomic mass is 10.2. The Balaban J connectivity index is 1.38. The topological polar surface area (TPSA) is 95.7 Å². The van der Waals surface area contributed by atoms with Crippen LogP contribution < -0.4 is 15.6 Å². The van der Waals surface area contributed by atoms with Gasteiger partial charge < -0.3 is 15.0 Å². The molecule has 0 aliphatic carbocycles. The first-order valence-corrected chi connectivity index (χ1v) is 9.94. The zero-order valence-corrected chi connectivity index (χ0v) is 16.0. The third-order valence-electron chi connectivity index (χ3n) is 3.97. The van der Waals surface area contributed by atoms with Crippen LogP contribution in [0.2, 0.25) is 0 Å². The molecule has 3 aromatic rings. The minimum atomic E-state index is -0.135. The number of thioether (sulfide) groups is 1. The van der Waals surface area contributed by atoms with Crippen molar-refractivity contribution < 1.29 is 4.74 Å². The largest absolute Gasteiger partial charge is 0.493 e. The average Bonchev–Trinajstić information content (AvgIpc) is 3.09. The molecule has 0 atom stereocenters. The van der Waals surface area contributed by atoms with Gasteiger partial charge in [-0.15, -0.1) is 0 Å². The van der Waals surface area contributed by atoms with Gasteiger partial charge in [-0.2, -0.15) is 11.8 Å². The number of benzene rings is 1. The molecule has 0 spiro atoms. The van der Waals surface area contributed by atoms with E-state index in [4.69, 9.17) is 4.74 Å². The van der Waals surface area contributed by atoms with Crippen LogP contribution in [0.1, 0.15) is 17.0 Å². The maximum Gasteiger partial charge on any atom is 0.255 e. The van der Waals surface area contributed by atoms with Gasteiger partial charge in [0.2, 0.25) is 5.95 Å². The third kappa shape index (κ3) is 5.89. The summed E-state index contributed by atoms with van der Waals surface area (Å²) in [5.41, 5.74) is 2.66. The van der Waals surface area contributed by atoms with Gasteiger partial charge in [-0.3, -0.25) is 9.78 Å². The Morgan fingerprint density at radius 1 is 1.22 bits per heavy atom. The smallest absolute Gasteiger partial charge is 0.255 e. The highest BCUT2D eigenvalue weighted by Crippen LogP contribution is 2.12. The summed E-state index contributed by atoms with van der Waals surface area (Å²) in [7, 11) is 0. The van der Waals surface area contributed by atoms with E-state index in [-0.39, 0.29) is 5.56 Å². The molecule has 0 fully saturated rings. The lowest BCUT2D eigenvalue weighted by Crippen LogP contribution is -2.19. The average molecular weight is 385 g/mol. The number of hydrogen-bond acceptors (Lipinski definition) is 6. The second-order valence-electron chi connectivity index (χ2n) is 5.95. The van der Waals surface area contributed by atoms with Gasteiger partial charge in [-0.1, -0.05) is 18.2 Å². The van der Waals surface area contributed by atoms with Gasteiger partial charge in [0.25, 0.3) is 5.56 Å². The summed E-state index contributed by atoms with van der Waals surface area (Å²) in [6.07, 6.45) is 3.83. The van der Waals surface area contributed by atoms with Crippen LogP contribution in [-0.4, -0.2) is 38.8 Å². The van der Waals surface area contributed by atoms with Gasteiger partial charge in [0, 0.05) is 41.9 Å². The maximum atomic E-state index is 12.2. The third-order valence-corrected chi connectivity index (χ3v) is 4.94. The number of rotatable bonds is 10. The van der Waals surface area contributed by atoms with Gasteiger partial charge in [0.05, 0.1) is 18.6 Å².